The van der Waals surface area contributed by atoms with Gasteiger partial charge in [0.2, 0.25) is 5.91 Å². The smallest absolute Gasteiger partial charge is 0.254 e. The molecule has 0 unspecified atom stereocenters. The number of amides is 1. The molecular formula is C13H19N3O2S. The summed E-state index contributed by atoms with van der Waals surface area (Å²) in [6.07, 6.45) is 7.36. The van der Waals surface area contributed by atoms with Gasteiger partial charge in [-0.05, 0) is 19.8 Å². The Balaban J connectivity index is 1.79. The summed E-state index contributed by atoms with van der Waals surface area (Å²) < 4.78 is 0. The van der Waals surface area contributed by atoms with Crippen LogP contribution < -0.4 is 10.9 Å². The van der Waals surface area contributed by atoms with Crippen molar-refractivity contribution in [3.8, 4) is 0 Å². The van der Waals surface area contributed by atoms with Crippen LogP contribution in [0.15, 0.2) is 16.1 Å². The van der Waals surface area contributed by atoms with Crippen LogP contribution in [0, 0.1) is 6.92 Å². The molecule has 1 aliphatic rings. The van der Waals surface area contributed by atoms with Gasteiger partial charge in [0.1, 0.15) is 0 Å². The van der Waals surface area contributed by atoms with E-state index in [9.17, 15) is 9.59 Å². The van der Waals surface area contributed by atoms with Crippen molar-refractivity contribution in [3.63, 3.8) is 0 Å². The summed E-state index contributed by atoms with van der Waals surface area (Å²) in [4.78, 5) is 29.9. The maximum atomic E-state index is 11.8. The Hall–Kier alpha value is -1.30. The van der Waals surface area contributed by atoms with Crippen LogP contribution in [0.3, 0.4) is 0 Å². The Morgan fingerprint density at radius 3 is 2.89 bits per heavy atom. The molecular weight excluding hydrogens is 262 g/mol. The Bertz CT molecular complexity index is 495. The lowest BCUT2D eigenvalue weighted by Gasteiger charge is -2.22. The molecule has 0 aliphatic heterocycles. The predicted octanol–water partition coefficient (Wildman–Crippen LogP) is 1.62. The zero-order valence-electron chi connectivity index (χ0n) is 11.1. The Morgan fingerprint density at radius 2 is 2.21 bits per heavy atom. The Labute approximate surface area is 116 Å². The van der Waals surface area contributed by atoms with Crippen molar-refractivity contribution >= 4 is 17.7 Å². The molecule has 1 saturated carbocycles. The highest BCUT2D eigenvalue weighted by atomic mass is 32.2. The molecule has 0 radical (unpaired) electrons. The van der Waals surface area contributed by atoms with Gasteiger partial charge >= 0.3 is 0 Å². The molecule has 2 rings (SSSR count). The number of nitrogens with one attached hydrogen (secondary N) is 2. The van der Waals surface area contributed by atoms with Crippen LogP contribution in [0.4, 0.5) is 0 Å². The first kappa shape index (κ1) is 14.1. The van der Waals surface area contributed by atoms with E-state index in [0.717, 1.165) is 12.8 Å². The van der Waals surface area contributed by atoms with E-state index in [2.05, 4.69) is 15.3 Å². The summed E-state index contributed by atoms with van der Waals surface area (Å²) in [6, 6.07) is 0.326. The summed E-state index contributed by atoms with van der Waals surface area (Å²) in [5, 5.41) is 3.53. The lowest BCUT2D eigenvalue weighted by Crippen LogP contribution is -2.37. The predicted molar refractivity (Wildman–Crippen MR) is 75.3 cm³/mol. The van der Waals surface area contributed by atoms with Crippen LogP contribution in [0.25, 0.3) is 0 Å². The highest BCUT2D eigenvalue weighted by Gasteiger charge is 2.15. The molecule has 1 heterocycles. The summed E-state index contributed by atoms with van der Waals surface area (Å²) in [6.45, 7) is 1.70. The summed E-state index contributed by atoms with van der Waals surface area (Å²) in [5.74, 6) is 0.308. The van der Waals surface area contributed by atoms with Gasteiger partial charge in [-0.15, -0.1) is 0 Å². The largest absolute Gasteiger partial charge is 0.353 e. The SMILES string of the molecule is Cc1cnc(SCC(=O)NC2CCCCC2)[nH]c1=O. The lowest BCUT2D eigenvalue weighted by atomic mass is 9.95. The van der Waals surface area contributed by atoms with Gasteiger partial charge in [-0.1, -0.05) is 31.0 Å². The molecule has 0 aromatic carbocycles. The number of hydrogen-bond acceptors (Lipinski definition) is 4. The maximum Gasteiger partial charge on any atom is 0.254 e. The van der Waals surface area contributed by atoms with E-state index in [-0.39, 0.29) is 11.5 Å². The van der Waals surface area contributed by atoms with Gasteiger partial charge in [0.05, 0.1) is 5.75 Å². The van der Waals surface area contributed by atoms with Crippen molar-refractivity contribution in [2.24, 2.45) is 0 Å². The summed E-state index contributed by atoms with van der Waals surface area (Å²) >= 11 is 1.26. The molecule has 1 aromatic rings. The van der Waals surface area contributed by atoms with Gasteiger partial charge in [0.25, 0.3) is 5.56 Å². The monoisotopic (exact) mass is 281 g/mol. The van der Waals surface area contributed by atoms with Crippen LogP contribution in [-0.4, -0.2) is 27.7 Å². The number of rotatable bonds is 4. The molecule has 1 aliphatic carbocycles. The fourth-order valence-electron chi connectivity index (χ4n) is 2.17. The summed E-state index contributed by atoms with van der Waals surface area (Å²) in [5.41, 5.74) is 0.432. The first-order valence-corrected chi connectivity index (χ1v) is 7.62. The second-order valence-electron chi connectivity index (χ2n) is 4.89. The molecule has 1 fully saturated rings. The quantitative estimate of drug-likeness (QED) is 0.649. The first-order chi connectivity index (χ1) is 9.15. The maximum absolute atomic E-state index is 11.8. The van der Waals surface area contributed by atoms with Gasteiger partial charge < -0.3 is 10.3 Å². The van der Waals surface area contributed by atoms with E-state index < -0.39 is 0 Å². The molecule has 1 amide bonds. The Morgan fingerprint density at radius 1 is 1.47 bits per heavy atom. The lowest BCUT2D eigenvalue weighted by molar-refractivity contribution is -0.119. The van der Waals surface area contributed by atoms with Gasteiger partial charge in [-0.2, -0.15) is 0 Å². The number of thioether (sulfide) groups is 1. The zero-order chi connectivity index (χ0) is 13.7. The molecule has 0 atom stereocenters. The van der Waals surface area contributed by atoms with Crippen LogP contribution in [0.2, 0.25) is 0 Å². The van der Waals surface area contributed by atoms with E-state index in [4.69, 9.17) is 0 Å². The number of aromatic amines is 1. The fraction of sp³-hybridized carbons (Fsp3) is 0.615. The van der Waals surface area contributed by atoms with Gasteiger partial charge in [0, 0.05) is 17.8 Å². The fourth-order valence-corrected chi connectivity index (χ4v) is 2.81. The number of aromatic nitrogens is 2. The molecule has 5 nitrogen and oxygen atoms in total. The molecule has 0 saturated heterocycles. The number of hydrogen-bond donors (Lipinski definition) is 2. The van der Waals surface area contributed by atoms with E-state index in [1.165, 1.54) is 37.2 Å². The highest BCUT2D eigenvalue weighted by Crippen LogP contribution is 2.18. The third-order valence-corrected chi connectivity index (χ3v) is 4.15. The molecule has 104 valence electrons. The average Bonchev–Trinajstić information content (AvgIpc) is 2.41. The standard InChI is InChI=1S/C13H19N3O2S/c1-9-7-14-13(16-12(9)18)19-8-11(17)15-10-5-3-2-4-6-10/h7,10H,2-6,8H2,1H3,(H,15,17)(H,14,16,18). The van der Waals surface area contributed by atoms with Crippen molar-refractivity contribution in [2.75, 3.05) is 5.75 Å². The topological polar surface area (TPSA) is 74.8 Å². The molecule has 19 heavy (non-hydrogen) atoms. The zero-order valence-corrected chi connectivity index (χ0v) is 11.9. The van der Waals surface area contributed by atoms with E-state index >= 15 is 0 Å². The molecule has 6 heteroatoms. The third kappa shape index (κ3) is 4.38. The average molecular weight is 281 g/mol. The highest BCUT2D eigenvalue weighted by molar-refractivity contribution is 7.99. The first-order valence-electron chi connectivity index (χ1n) is 6.63. The third-order valence-electron chi connectivity index (χ3n) is 3.26. The van der Waals surface area contributed by atoms with E-state index in [0.29, 0.717) is 22.5 Å². The normalized spacial score (nSPS) is 16.3. The van der Waals surface area contributed by atoms with Crippen LogP contribution in [0.5, 0.6) is 0 Å². The van der Waals surface area contributed by atoms with Crippen LogP contribution >= 0.6 is 11.8 Å². The van der Waals surface area contributed by atoms with Gasteiger partial charge in [0.15, 0.2) is 5.16 Å². The van der Waals surface area contributed by atoms with Crippen molar-refractivity contribution in [2.45, 2.75) is 50.2 Å². The minimum Gasteiger partial charge on any atom is -0.353 e. The van der Waals surface area contributed by atoms with Gasteiger partial charge in [-0.25, -0.2) is 4.98 Å². The van der Waals surface area contributed by atoms with E-state index in [1.54, 1.807) is 6.92 Å². The number of H-pyrrole nitrogens is 1. The second kappa shape index (κ2) is 6.75. The van der Waals surface area contributed by atoms with Crippen molar-refractivity contribution in [1.29, 1.82) is 0 Å². The molecule has 2 N–H and O–H groups in total. The van der Waals surface area contributed by atoms with Gasteiger partial charge in [-0.3, -0.25) is 9.59 Å². The molecule has 0 spiro atoms. The number of nitrogens with zero attached hydrogens (tertiary/aromatic N) is 1. The molecule has 1 aromatic heterocycles. The minimum absolute atomic E-state index is 0.0140. The van der Waals surface area contributed by atoms with Crippen LogP contribution in [0.1, 0.15) is 37.7 Å². The van der Waals surface area contributed by atoms with Crippen molar-refractivity contribution in [1.82, 2.24) is 15.3 Å². The second-order valence-corrected chi connectivity index (χ2v) is 5.86. The number of aryl methyl sites for hydroxylation is 1. The van der Waals surface area contributed by atoms with Crippen molar-refractivity contribution < 1.29 is 4.79 Å². The number of carbonyl (C=O) groups excluding carboxylic acids is 1. The van der Waals surface area contributed by atoms with Crippen molar-refractivity contribution in [3.05, 3.63) is 22.1 Å². The minimum atomic E-state index is -0.148. The number of carbonyl (C=O) groups is 1. The van der Waals surface area contributed by atoms with Crippen LogP contribution in [-0.2, 0) is 4.79 Å². The summed E-state index contributed by atoms with van der Waals surface area (Å²) in [7, 11) is 0. The molecule has 0 bridgehead atoms. The Kier molecular flexibility index (Phi) is 5.01. The van der Waals surface area contributed by atoms with E-state index in [1.807, 2.05) is 0 Å².